The number of nitrogens with one attached hydrogen (secondary N) is 1. The maximum Gasteiger partial charge on any atom is 0.416 e. The van der Waals surface area contributed by atoms with Crippen LogP contribution in [0.3, 0.4) is 0 Å². The van der Waals surface area contributed by atoms with Crippen molar-refractivity contribution in [3.63, 3.8) is 0 Å². The molecule has 2 heterocycles. The van der Waals surface area contributed by atoms with Gasteiger partial charge in [0, 0.05) is 26.8 Å². The molecule has 1 N–H and O–H groups in total. The van der Waals surface area contributed by atoms with Crippen molar-refractivity contribution in [1.82, 2.24) is 4.57 Å². The normalized spacial score (nSPS) is 26.5. The zero-order valence-corrected chi connectivity index (χ0v) is 21.3. The summed E-state index contributed by atoms with van der Waals surface area (Å²) in [6.07, 6.45) is -0.914. The first kappa shape index (κ1) is 24.1. The van der Waals surface area contributed by atoms with Crippen LogP contribution in [0.2, 0.25) is 5.02 Å². The minimum absolute atomic E-state index is 0.0480. The van der Waals surface area contributed by atoms with E-state index in [9.17, 15) is 22.8 Å². The molecule has 2 fully saturated rings. The Labute approximate surface area is 218 Å². The number of thiazole rings is 1. The van der Waals surface area contributed by atoms with E-state index in [1.165, 1.54) is 47.3 Å². The molecule has 2 aliphatic carbocycles. The largest absolute Gasteiger partial charge is 0.416 e. The average Bonchev–Trinajstić information content (AvgIpc) is 3.52. The van der Waals surface area contributed by atoms with Crippen LogP contribution in [0.15, 0.2) is 58.4 Å². The summed E-state index contributed by atoms with van der Waals surface area (Å²) in [7, 11) is 0. The quantitative estimate of drug-likeness (QED) is 0.385. The summed E-state index contributed by atoms with van der Waals surface area (Å²) in [5.74, 6) is 1.19. The molecule has 3 aromatic rings. The van der Waals surface area contributed by atoms with Crippen molar-refractivity contribution in [3.8, 4) is 0 Å². The van der Waals surface area contributed by atoms with Gasteiger partial charge in [0.15, 0.2) is 0 Å². The van der Waals surface area contributed by atoms with Gasteiger partial charge in [-0.2, -0.15) is 13.2 Å². The van der Waals surface area contributed by atoms with E-state index in [4.69, 9.17) is 11.6 Å². The molecule has 1 aliphatic heterocycles. The van der Waals surface area contributed by atoms with Gasteiger partial charge in [0.2, 0.25) is 5.91 Å². The lowest BCUT2D eigenvalue weighted by Gasteiger charge is -2.40. The van der Waals surface area contributed by atoms with Gasteiger partial charge in [0.1, 0.15) is 6.54 Å². The summed E-state index contributed by atoms with van der Waals surface area (Å²) in [6, 6.07) is 12.3. The van der Waals surface area contributed by atoms with E-state index in [1.807, 2.05) is 24.3 Å². The highest BCUT2D eigenvalue weighted by molar-refractivity contribution is 8.00. The summed E-state index contributed by atoms with van der Waals surface area (Å²) in [4.78, 5) is 26.7. The fraction of sp³-hybridized carbons (Fsp3) is 0.385. The first-order valence-corrected chi connectivity index (χ1v) is 13.9. The van der Waals surface area contributed by atoms with Crippen molar-refractivity contribution in [2.45, 2.75) is 48.2 Å². The molecule has 2 aromatic carbocycles. The van der Waals surface area contributed by atoms with Crippen molar-refractivity contribution < 1.29 is 18.0 Å². The molecule has 6 rings (SSSR count). The predicted molar refractivity (Wildman–Crippen MR) is 136 cm³/mol. The van der Waals surface area contributed by atoms with E-state index >= 15 is 0 Å². The molecule has 0 spiro atoms. The molecule has 10 heteroatoms. The number of alkyl halides is 3. The standard InChI is InChI=1S/C26H22ClF3N2O2S2/c27-17-8-6-13(7-9-17)20-21-14-4-5-15(10-14)22(21)35-24-23(20)36-25(34)32(24)12-19(33)31-18-3-1-2-16(11-18)26(28,29)30/h1-3,6-9,11,14-15,20-22H,4-5,10,12H2,(H,31,33)/t14-,15-,20+,21-,22-/m0/s1. The summed E-state index contributed by atoms with van der Waals surface area (Å²) < 4.78 is 40.7. The number of hydrogen-bond donors (Lipinski definition) is 1. The highest BCUT2D eigenvalue weighted by Gasteiger charge is 2.55. The van der Waals surface area contributed by atoms with Crippen LogP contribution in [0.5, 0.6) is 0 Å². The first-order valence-electron chi connectivity index (χ1n) is 11.8. The molecule has 1 amide bonds. The number of rotatable bonds is 4. The summed E-state index contributed by atoms with van der Waals surface area (Å²) in [5.41, 5.74) is 0.339. The third kappa shape index (κ3) is 4.19. The van der Waals surface area contributed by atoms with Crippen molar-refractivity contribution >= 4 is 46.3 Å². The highest BCUT2D eigenvalue weighted by Crippen LogP contribution is 2.64. The van der Waals surface area contributed by atoms with Gasteiger partial charge < -0.3 is 5.32 Å². The lowest BCUT2D eigenvalue weighted by molar-refractivity contribution is -0.137. The van der Waals surface area contributed by atoms with E-state index < -0.39 is 17.6 Å². The molecule has 1 aromatic heterocycles. The molecular formula is C26H22ClF3N2O2S2. The van der Waals surface area contributed by atoms with Gasteiger partial charge in [0.25, 0.3) is 0 Å². The Morgan fingerprint density at radius 3 is 2.61 bits per heavy atom. The molecule has 2 bridgehead atoms. The van der Waals surface area contributed by atoms with Crippen molar-refractivity contribution in [2.75, 3.05) is 5.32 Å². The minimum Gasteiger partial charge on any atom is -0.325 e. The van der Waals surface area contributed by atoms with Gasteiger partial charge in [-0.3, -0.25) is 14.2 Å². The second kappa shape index (κ2) is 8.96. The van der Waals surface area contributed by atoms with Crippen LogP contribution >= 0.6 is 34.7 Å². The second-order valence-electron chi connectivity index (χ2n) is 9.77. The molecule has 0 saturated heterocycles. The molecule has 36 heavy (non-hydrogen) atoms. The van der Waals surface area contributed by atoms with E-state index in [0.717, 1.165) is 27.6 Å². The lowest BCUT2D eigenvalue weighted by atomic mass is 9.75. The number of amides is 1. The Balaban J connectivity index is 1.32. The molecule has 0 unspecified atom stereocenters. The van der Waals surface area contributed by atoms with E-state index in [-0.39, 0.29) is 23.0 Å². The smallest absolute Gasteiger partial charge is 0.325 e. The van der Waals surface area contributed by atoms with E-state index in [1.54, 1.807) is 11.8 Å². The number of benzene rings is 2. The van der Waals surface area contributed by atoms with Gasteiger partial charge in [-0.05, 0) is 72.9 Å². The topological polar surface area (TPSA) is 51.1 Å². The Morgan fingerprint density at radius 1 is 1.11 bits per heavy atom. The number of thioether (sulfide) groups is 1. The van der Waals surface area contributed by atoms with Crippen LogP contribution in [0.1, 0.15) is 41.2 Å². The third-order valence-corrected chi connectivity index (χ3v) is 10.8. The highest BCUT2D eigenvalue weighted by atomic mass is 35.5. The van der Waals surface area contributed by atoms with Crippen LogP contribution in [-0.2, 0) is 17.5 Å². The van der Waals surface area contributed by atoms with Crippen LogP contribution in [0.25, 0.3) is 0 Å². The van der Waals surface area contributed by atoms with Gasteiger partial charge in [0.05, 0.1) is 10.6 Å². The zero-order valence-electron chi connectivity index (χ0n) is 18.9. The summed E-state index contributed by atoms with van der Waals surface area (Å²) in [5, 5.41) is 4.39. The summed E-state index contributed by atoms with van der Waals surface area (Å²) in [6.45, 7) is -0.243. The SMILES string of the molecule is O=C(Cn1c2c(sc1=O)[C@H](c1ccc(Cl)cc1)[C@@H]1[C@H]3CC[C@@H](C3)[C@@H]1S2)Nc1cccc(C(F)(F)F)c1. The van der Waals surface area contributed by atoms with Crippen molar-refractivity contribution in [3.05, 3.63) is 79.2 Å². The maximum absolute atomic E-state index is 13.1. The van der Waals surface area contributed by atoms with Crippen LogP contribution in [0, 0.1) is 17.8 Å². The van der Waals surface area contributed by atoms with Crippen LogP contribution in [-0.4, -0.2) is 15.7 Å². The number of fused-ring (bicyclic) bond motifs is 6. The molecule has 2 saturated carbocycles. The number of carbonyl (C=O) groups excluding carboxylic acids is 1. The second-order valence-corrected chi connectivity index (χ2v) is 12.4. The number of anilines is 1. The van der Waals surface area contributed by atoms with Gasteiger partial charge in [-0.1, -0.05) is 41.1 Å². The van der Waals surface area contributed by atoms with Crippen molar-refractivity contribution in [2.24, 2.45) is 17.8 Å². The molecule has 0 radical (unpaired) electrons. The Kier molecular flexibility index (Phi) is 6.00. The lowest BCUT2D eigenvalue weighted by Crippen LogP contribution is -2.34. The Hall–Kier alpha value is -2.23. The average molecular weight is 551 g/mol. The summed E-state index contributed by atoms with van der Waals surface area (Å²) >= 11 is 9.04. The fourth-order valence-electron chi connectivity index (χ4n) is 6.25. The van der Waals surface area contributed by atoms with Gasteiger partial charge in [-0.25, -0.2) is 0 Å². The monoisotopic (exact) mass is 550 g/mol. The molecule has 188 valence electrons. The van der Waals surface area contributed by atoms with Gasteiger partial charge in [-0.15, -0.1) is 11.8 Å². The van der Waals surface area contributed by atoms with Gasteiger partial charge >= 0.3 is 11.0 Å². The predicted octanol–water partition coefficient (Wildman–Crippen LogP) is 6.87. The number of nitrogens with zero attached hydrogens (tertiary/aromatic N) is 1. The molecule has 5 atom stereocenters. The maximum atomic E-state index is 13.1. The zero-order chi connectivity index (χ0) is 25.2. The third-order valence-electron chi connectivity index (χ3n) is 7.70. The Bertz CT molecular complexity index is 1390. The van der Waals surface area contributed by atoms with Crippen LogP contribution in [0.4, 0.5) is 18.9 Å². The molecular weight excluding hydrogens is 529 g/mol. The number of carbonyl (C=O) groups is 1. The molecule has 3 aliphatic rings. The van der Waals surface area contributed by atoms with Crippen molar-refractivity contribution in [1.29, 1.82) is 0 Å². The van der Waals surface area contributed by atoms with E-state index in [0.29, 0.717) is 28.0 Å². The van der Waals surface area contributed by atoms with E-state index in [2.05, 4.69) is 5.32 Å². The minimum atomic E-state index is -4.51. The van der Waals surface area contributed by atoms with Crippen LogP contribution < -0.4 is 10.2 Å². The number of aromatic nitrogens is 1. The molecule has 4 nitrogen and oxygen atoms in total. The first-order chi connectivity index (χ1) is 17.2. The number of hydrogen-bond acceptors (Lipinski definition) is 4. The fourth-order valence-corrected chi connectivity index (χ4v) is 9.52. The Morgan fingerprint density at radius 2 is 1.86 bits per heavy atom. The number of halogens is 4.